The van der Waals surface area contributed by atoms with Crippen molar-refractivity contribution >= 4 is 27.5 Å². The van der Waals surface area contributed by atoms with Crippen molar-refractivity contribution in [2.24, 2.45) is 0 Å². The predicted molar refractivity (Wildman–Crippen MR) is 129 cm³/mol. The minimum Gasteiger partial charge on any atom is -0.486 e. The molecule has 10 heteroatoms. The Hall–Kier alpha value is -3.11. The summed E-state index contributed by atoms with van der Waals surface area (Å²) in [5.74, 6) is 0.456. The summed E-state index contributed by atoms with van der Waals surface area (Å²) < 4.78 is 38.3. The molecule has 0 aromatic heterocycles. The first-order valence-electron chi connectivity index (χ1n) is 11.3. The van der Waals surface area contributed by atoms with E-state index in [0.717, 1.165) is 16.8 Å². The molecule has 0 atom stereocenters. The highest BCUT2D eigenvalue weighted by molar-refractivity contribution is 7.89. The van der Waals surface area contributed by atoms with E-state index in [1.54, 1.807) is 6.07 Å². The fraction of sp³-hybridized carbons (Fsp3) is 0.417. The van der Waals surface area contributed by atoms with Crippen molar-refractivity contribution < 1.29 is 27.5 Å². The van der Waals surface area contributed by atoms with Crippen molar-refractivity contribution in [3.05, 3.63) is 47.5 Å². The van der Waals surface area contributed by atoms with Gasteiger partial charge in [0, 0.05) is 24.7 Å². The second kappa shape index (κ2) is 11.8. The van der Waals surface area contributed by atoms with Gasteiger partial charge in [0.15, 0.2) is 11.5 Å². The van der Waals surface area contributed by atoms with Crippen LogP contribution in [0.3, 0.4) is 0 Å². The quantitative estimate of drug-likeness (QED) is 0.417. The van der Waals surface area contributed by atoms with E-state index in [-0.39, 0.29) is 36.2 Å². The molecule has 1 heterocycles. The summed E-state index contributed by atoms with van der Waals surface area (Å²) in [4.78, 5) is 24.2. The number of hydrogen-bond acceptors (Lipinski definition) is 6. The monoisotopic (exact) mass is 489 g/mol. The van der Waals surface area contributed by atoms with Crippen molar-refractivity contribution in [3.63, 3.8) is 0 Å². The van der Waals surface area contributed by atoms with Crippen LogP contribution in [0.25, 0.3) is 0 Å². The molecule has 34 heavy (non-hydrogen) atoms. The molecule has 9 nitrogen and oxygen atoms in total. The van der Waals surface area contributed by atoms with Crippen LogP contribution in [0, 0.1) is 13.8 Å². The Morgan fingerprint density at radius 1 is 0.941 bits per heavy atom. The number of unbranched alkanes of at least 4 members (excludes halogenated alkanes) is 2. The maximum Gasteiger partial charge on any atom is 0.243 e. The maximum atomic E-state index is 12.5. The summed E-state index contributed by atoms with van der Waals surface area (Å²) in [6, 6.07) is 10.2. The third-order valence-electron chi connectivity index (χ3n) is 5.52. The summed E-state index contributed by atoms with van der Waals surface area (Å²) in [6.45, 7) is 4.89. The van der Waals surface area contributed by atoms with E-state index in [2.05, 4.69) is 15.4 Å². The number of nitrogens with one attached hydrogen (secondary N) is 3. The summed E-state index contributed by atoms with van der Waals surface area (Å²) in [5, 5.41) is 5.41. The number of sulfonamides is 1. The number of amides is 2. The minimum atomic E-state index is -3.66. The molecule has 3 N–H and O–H groups in total. The van der Waals surface area contributed by atoms with E-state index in [1.807, 2.05) is 32.0 Å². The van der Waals surface area contributed by atoms with Crippen LogP contribution in [0.4, 0.5) is 5.69 Å². The Kier molecular flexibility index (Phi) is 8.89. The van der Waals surface area contributed by atoms with E-state index >= 15 is 0 Å². The highest BCUT2D eigenvalue weighted by Gasteiger charge is 2.19. The standard InChI is InChI=1S/C24H31N3O6S/c1-17-7-6-8-20(18(17)2)27-24(29)16-25-23(28)9-4-3-5-12-26-34(30,31)19-10-11-21-22(15-19)33-14-13-32-21/h6-8,10-11,15,26H,3-5,9,12-14,16H2,1-2H3,(H,25,28)(H,27,29). The summed E-state index contributed by atoms with van der Waals surface area (Å²) in [5.41, 5.74) is 2.81. The third-order valence-corrected chi connectivity index (χ3v) is 6.98. The van der Waals surface area contributed by atoms with Crippen LogP contribution in [0.15, 0.2) is 41.3 Å². The lowest BCUT2D eigenvalue weighted by atomic mass is 10.1. The van der Waals surface area contributed by atoms with Gasteiger partial charge < -0.3 is 20.1 Å². The summed E-state index contributed by atoms with van der Waals surface area (Å²) >= 11 is 0. The molecule has 2 amide bonds. The van der Waals surface area contributed by atoms with Gasteiger partial charge in [0.25, 0.3) is 0 Å². The lowest BCUT2D eigenvalue weighted by Crippen LogP contribution is -2.32. The number of carbonyl (C=O) groups excluding carboxylic acids is 2. The molecule has 184 valence electrons. The fourth-order valence-corrected chi connectivity index (χ4v) is 4.51. The van der Waals surface area contributed by atoms with Gasteiger partial charge in [-0.25, -0.2) is 13.1 Å². The SMILES string of the molecule is Cc1cccc(NC(=O)CNC(=O)CCCCCNS(=O)(=O)c2ccc3c(c2)OCCO3)c1C. The Bertz CT molecular complexity index is 1130. The van der Waals surface area contributed by atoms with Gasteiger partial charge >= 0.3 is 0 Å². The second-order valence-corrected chi connectivity index (χ2v) is 9.85. The smallest absolute Gasteiger partial charge is 0.243 e. The highest BCUT2D eigenvalue weighted by Crippen LogP contribution is 2.32. The number of benzene rings is 2. The number of aryl methyl sites for hydroxylation is 1. The predicted octanol–water partition coefficient (Wildman–Crippen LogP) is 2.67. The normalized spacial score (nSPS) is 12.8. The van der Waals surface area contributed by atoms with Gasteiger partial charge in [0.05, 0.1) is 11.4 Å². The molecule has 3 rings (SSSR count). The minimum absolute atomic E-state index is 0.0957. The van der Waals surface area contributed by atoms with Gasteiger partial charge in [-0.05, 0) is 56.0 Å². The zero-order valence-corrected chi connectivity index (χ0v) is 20.3. The van der Waals surface area contributed by atoms with Crippen molar-refractivity contribution in [2.45, 2.75) is 44.4 Å². The molecule has 0 saturated heterocycles. The van der Waals surface area contributed by atoms with E-state index < -0.39 is 10.0 Å². The zero-order chi connectivity index (χ0) is 24.6. The van der Waals surface area contributed by atoms with E-state index in [0.29, 0.717) is 44.0 Å². The lowest BCUT2D eigenvalue weighted by Gasteiger charge is -2.18. The molecule has 0 aliphatic carbocycles. The molecular weight excluding hydrogens is 458 g/mol. The van der Waals surface area contributed by atoms with Crippen LogP contribution in [0.2, 0.25) is 0 Å². The van der Waals surface area contributed by atoms with Crippen molar-refractivity contribution in [2.75, 3.05) is 31.6 Å². The van der Waals surface area contributed by atoms with E-state index in [1.165, 1.54) is 12.1 Å². The van der Waals surface area contributed by atoms with Gasteiger partial charge in [0.2, 0.25) is 21.8 Å². The molecule has 0 spiro atoms. The molecule has 0 radical (unpaired) electrons. The molecule has 0 unspecified atom stereocenters. The molecular formula is C24H31N3O6S. The molecule has 2 aromatic rings. The first-order valence-corrected chi connectivity index (χ1v) is 12.8. The van der Waals surface area contributed by atoms with Crippen molar-refractivity contribution in [1.82, 2.24) is 10.0 Å². The molecule has 0 saturated carbocycles. The summed E-state index contributed by atoms with van der Waals surface area (Å²) in [7, 11) is -3.66. The Morgan fingerprint density at radius 3 is 2.50 bits per heavy atom. The van der Waals surface area contributed by atoms with Crippen LogP contribution in [0.5, 0.6) is 11.5 Å². The Morgan fingerprint density at radius 2 is 1.71 bits per heavy atom. The maximum absolute atomic E-state index is 12.5. The molecule has 1 aliphatic rings. The molecule has 0 bridgehead atoms. The van der Waals surface area contributed by atoms with Gasteiger partial charge in [-0.1, -0.05) is 18.6 Å². The first-order chi connectivity index (χ1) is 16.3. The number of carbonyl (C=O) groups is 2. The molecule has 0 fully saturated rings. The molecule has 2 aromatic carbocycles. The third kappa shape index (κ3) is 7.19. The number of rotatable bonds is 11. The first kappa shape index (κ1) is 25.5. The largest absolute Gasteiger partial charge is 0.486 e. The summed E-state index contributed by atoms with van der Waals surface area (Å²) in [6.07, 6.45) is 2.12. The molecule has 1 aliphatic heterocycles. The van der Waals surface area contributed by atoms with Gasteiger partial charge in [0.1, 0.15) is 13.2 Å². The van der Waals surface area contributed by atoms with Crippen LogP contribution in [-0.4, -0.2) is 46.5 Å². The van der Waals surface area contributed by atoms with Crippen LogP contribution >= 0.6 is 0 Å². The average Bonchev–Trinajstić information content (AvgIpc) is 2.82. The van der Waals surface area contributed by atoms with Crippen LogP contribution in [-0.2, 0) is 19.6 Å². The lowest BCUT2D eigenvalue weighted by molar-refractivity contribution is -0.124. The fourth-order valence-electron chi connectivity index (χ4n) is 3.42. The zero-order valence-electron chi connectivity index (χ0n) is 19.5. The van der Waals surface area contributed by atoms with E-state index in [4.69, 9.17) is 9.47 Å². The highest BCUT2D eigenvalue weighted by atomic mass is 32.2. The number of anilines is 1. The van der Waals surface area contributed by atoms with Gasteiger partial charge in [-0.15, -0.1) is 0 Å². The number of ether oxygens (including phenoxy) is 2. The Balaban J connectivity index is 1.30. The number of hydrogen-bond donors (Lipinski definition) is 3. The van der Waals surface area contributed by atoms with Crippen molar-refractivity contribution in [1.29, 1.82) is 0 Å². The number of fused-ring (bicyclic) bond motifs is 1. The average molecular weight is 490 g/mol. The van der Waals surface area contributed by atoms with Crippen molar-refractivity contribution in [3.8, 4) is 11.5 Å². The topological polar surface area (TPSA) is 123 Å². The van der Waals surface area contributed by atoms with E-state index in [9.17, 15) is 18.0 Å². The van der Waals surface area contributed by atoms with Gasteiger partial charge in [-0.2, -0.15) is 0 Å². The van der Waals surface area contributed by atoms with Gasteiger partial charge in [-0.3, -0.25) is 9.59 Å². The van der Waals surface area contributed by atoms with Crippen LogP contribution in [0.1, 0.15) is 36.8 Å². The van der Waals surface area contributed by atoms with Crippen LogP contribution < -0.4 is 24.8 Å². The Labute approximate surface area is 200 Å². The second-order valence-electron chi connectivity index (χ2n) is 8.09.